The van der Waals surface area contributed by atoms with Crippen molar-refractivity contribution in [2.75, 3.05) is 31.5 Å². The molecule has 0 saturated carbocycles. The van der Waals surface area contributed by atoms with Crippen LogP contribution in [0.1, 0.15) is 43.2 Å². The summed E-state index contributed by atoms with van der Waals surface area (Å²) >= 11 is 0. The van der Waals surface area contributed by atoms with Gasteiger partial charge in [-0.2, -0.15) is 0 Å². The summed E-state index contributed by atoms with van der Waals surface area (Å²) in [7, 11) is -2.12. The smallest absolute Gasteiger partial charge is 0.262 e. The Morgan fingerprint density at radius 3 is 2.53 bits per heavy atom. The summed E-state index contributed by atoms with van der Waals surface area (Å²) in [6, 6.07) is 12.7. The van der Waals surface area contributed by atoms with Gasteiger partial charge in [0.15, 0.2) is 0 Å². The van der Waals surface area contributed by atoms with Crippen LogP contribution in [0.5, 0.6) is 5.75 Å². The van der Waals surface area contributed by atoms with Crippen LogP contribution in [0, 0.1) is 0 Å². The molecule has 1 aliphatic rings. The van der Waals surface area contributed by atoms with E-state index in [-0.39, 0.29) is 17.3 Å². The van der Waals surface area contributed by atoms with E-state index in [0.717, 1.165) is 37.2 Å². The molecule has 0 radical (unpaired) electrons. The summed E-state index contributed by atoms with van der Waals surface area (Å²) in [5.74, 6) is 1.30. The van der Waals surface area contributed by atoms with Gasteiger partial charge < -0.3 is 4.74 Å². The molecule has 0 spiro atoms. The summed E-state index contributed by atoms with van der Waals surface area (Å²) in [5.41, 5.74) is 2.72. The number of nitrogens with one attached hydrogen (secondary N) is 1. The van der Waals surface area contributed by atoms with Gasteiger partial charge in [0.1, 0.15) is 5.75 Å². The van der Waals surface area contributed by atoms with Crippen molar-refractivity contribution < 1.29 is 13.2 Å². The molecule has 164 valence electrons. The van der Waals surface area contributed by atoms with Gasteiger partial charge in [0, 0.05) is 13.1 Å². The second-order valence-electron chi connectivity index (χ2n) is 7.82. The fraction of sp³-hybridized carbons (Fsp3) is 0.391. The number of sulfonamides is 1. The zero-order valence-corrected chi connectivity index (χ0v) is 19.4. The van der Waals surface area contributed by atoms with Crippen LogP contribution in [-0.2, 0) is 10.0 Å². The van der Waals surface area contributed by atoms with Gasteiger partial charge in [-0.15, -0.1) is 19.0 Å². The topological polar surface area (TPSA) is 58.6 Å². The molecule has 30 heavy (non-hydrogen) atoms. The number of rotatable bonds is 8. The highest BCUT2D eigenvalue weighted by molar-refractivity contribution is 7.92. The lowest BCUT2D eigenvalue weighted by Gasteiger charge is -2.17. The maximum Gasteiger partial charge on any atom is 0.262 e. The number of hydrogen-bond acceptors (Lipinski definition) is 4. The van der Waals surface area contributed by atoms with Crippen LogP contribution in [0.4, 0.5) is 5.69 Å². The van der Waals surface area contributed by atoms with Gasteiger partial charge in [-0.05, 0) is 60.2 Å². The minimum absolute atomic E-state index is 0. The molecule has 3 rings (SSSR count). The SMILES string of the molecule is C=CCN1CCC(c2ccc(NS(=O)(=O)c3ccc(C(C)C)cc3)c(OC)c2)C1.Cl. The summed E-state index contributed by atoms with van der Waals surface area (Å²) in [6.45, 7) is 10.9. The summed E-state index contributed by atoms with van der Waals surface area (Å²) in [4.78, 5) is 2.60. The highest BCUT2D eigenvalue weighted by Crippen LogP contribution is 2.34. The van der Waals surface area contributed by atoms with Gasteiger partial charge in [0.2, 0.25) is 0 Å². The molecule has 1 aliphatic heterocycles. The standard InChI is InChI=1S/C23H30N2O3S.ClH/c1-5-13-25-14-12-20(16-25)19-8-11-22(23(15-19)28-4)24-29(26,27)21-9-6-18(7-10-21)17(2)3;/h5-11,15,17,20,24H,1,12-14,16H2,2-4H3;1H. The number of methoxy groups -OCH3 is 1. The predicted octanol–water partition coefficient (Wildman–Crippen LogP) is 5.02. The second-order valence-corrected chi connectivity index (χ2v) is 9.51. The van der Waals surface area contributed by atoms with Gasteiger partial charge in [-0.25, -0.2) is 8.42 Å². The fourth-order valence-electron chi connectivity index (χ4n) is 3.73. The molecule has 2 aromatic rings. The molecule has 2 aromatic carbocycles. The van der Waals surface area contributed by atoms with Crippen LogP contribution in [0.15, 0.2) is 60.0 Å². The number of anilines is 1. The van der Waals surface area contributed by atoms with Gasteiger partial charge in [0.25, 0.3) is 10.0 Å². The Hall–Kier alpha value is -2.02. The van der Waals surface area contributed by atoms with E-state index in [4.69, 9.17) is 4.74 Å². The second kappa shape index (κ2) is 10.3. The number of nitrogens with zero attached hydrogens (tertiary/aromatic N) is 1. The van der Waals surface area contributed by atoms with Crippen molar-refractivity contribution in [1.29, 1.82) is 0 Å². The van der Waals surface area contributed by atoms with Gasteiger partial charge in [-0.3, -0.25) is 9.62 Å². The van der Waals surface area contributed by atoms with E-state index in [1.165, 1.54) is 0 Å². The summed E-state index contributed by atoms with van der Waals surface area (Å²) < 4.78 is 33.8. The predicted molar refractivity (Wildman–Crippen MR) is 126 cm³/mol. The molecule has 1 unspecified atom stereocenters. The van der Waals surface area contributed by atoms with E-state index >= 15 is 0 Å². The third kappa shape index (κ3) is 5.56. The fourth-order valence-corrected chi connectivity index (χ4v) is 4.81. The highest BCUT2D eigenvalue weighted by atomic mass is 35.5. The molecule has 1 fully saturated rings. The van der Waals surface area contributed by atoms with Crippen LogP contribution in [0.25, 0.3) is 0 Å². The minimum Gasteiger partial charge on any atom is -0.495 e. The molecule has 1 heterocycles. The van der Waals surface area contributed by atoms with Crippen molar-refractivity contribution >= 4 is 28.1 Å². The third-order valence-electron chi connectivity index (χ3n) is 5.46. The zero-order valence-electron chi connectivity index (χ0n) is 17.8. The number of benzene rings is 2. The molecule has 0 aromatic heterocycles. The first-order valence-corrected chi connectivity index (χ1v) is 11.5. The summed E-state index contributed by atoms with van der Waals surface area (Å²) in [6.07, 6.45) is 3.00. The molecule has 0 bridgehead atoms. The maximum atomic E-state index is 12.8. The Morgan fingerprint density at radius 1 is 1.23 bits per heavy atom. The Labute approximate surface area is 186 Å². The molecule has 0 aliphatic carbocycles. The average molecular weight is 451 g/mol. The largest absolute Gasteiger partial charge is 0.495 e. The monoisotopic (exact) mass is 450 g/mol. The molecule has 1 saturated heterocycles. The molecule has 1 atom stereocenters. The lowest BCUT2D eigenvalue weighted by Crippen LogP contribution is -2.20. The normalized spacial score (nSPS) is 16.9. The maximum absolute atomic E-state index is 12.8. The van der Waals surface area contributed by atoms with E-state index in [2.05, 4.69) is 30.0 Å². The Balaban J connectivity index is 0.00000320. The van der Waals surface area contributed by atoms with Crippen LogP contribution in [-0.4, -0.2) is 40.1 Å². The molecule has 7 heteroatoms. The molecule has 5 nitrogen and oxygen atoms in total. The first-order chi connectivity index (χ1) is 13.8. The van der Waals surface area contributed by atoms with Crippen molar-refractivity contribution in [2.24, 2.45) is 0 Å². The highest BCUT2D eigenvalue weighted by Gasteiger charge is 2.24. The molecule has 0 amide bonds. The summed E-state index contributed by atoms with van der Waals surface area (Å²) in [5, 5.41) is 0. The number of ether oxygens (including phenoxy) is 1. The lowest BCUT2D eigenvalue weighted by atomic mass is 9.98. The van der Waals surface area contributed by atoms with Crippen LogP contribution in [0.3, 0.4) is 0 Å². The van der Waals surface area contributed by atoms with Crippen molar-refractivity contribution in [3.05, 3.63) is 66.2 Å². The Bertz CT molecular complexity index is 959. The Kier molecular flexibility index (Phi) is 8.35. The number of halogens is 1. The van der Waals surface area contributed by atoms with Crippen LogP contribution >= 0.6 is 12.4 Å². The van der Waals surface area contributed by atoms with Crippen molar-refractivity contribution in [3.8, 4) is 5.75 Å². The first kappa shape index (κ1) is 24.3. The van der Waals surface area contributed by atoms with Crippen molar-refractivity contribution in [2.45, 2.75) is 37.0 Å². The van der Waals surface area contributed by atoms with Crippen molar-refractivity contribution in [3.63, 3.8) is 0 Å². The molecular weight excluding hydrogens is 420 g/mol. The van der Waals surface area contributed by atoms with E-state index in [9.17, 15) is 8.42 Å². The average Bonchev–Trinajstić information content (AvgIpc) is 3.17. The number of hydrogen-bond donors (Lipinski definition) is 1. The minimum atomic E-state index is -3.69. The number of likely N-dealkylation sites (tertiary alicyclic amines) is 1. The molecule has 1 N–H and O–H groups in total. The van der Waals surface area contributed by atoms with Crippen molar-refractivity contribution in [1.82, 2.24) is 4.90 Å². The van der Waals surface area contributed by atoms with E-state index in [1.54, 1.807) is 25.3 Å². The van der Waals surface area contributed by atoms with Gasteiger partial charge in [0.05, 0.1) is 17.7 Å². The van der Waals surface area contributed by atoms with Crippen LogP contribution in [0.2, 0.25) is 0 Å². The molecular formula is C23H31ClN2O3S. The van der Waals surface area contributed by atoms with Crippen LogP contribution < -0.4 is 9.46 Å². The quantitative estimate of drug-likeness (QED) is 0.574. The van der Waals surface area contributed by atoms with E-state index in [1.807, 2.05) is 30.3 Å². The van der Waals surface area contributed by atoms with Gasteiger partial charge in [-0.1, -0.05) is 38.1 Å². The first-order valence-electron chi connectivity index (χ1n) is 9.98. The third-order valence-corrected chi connectivity index (χ3v) is 6.84. The lowest BCUT2D eigenvalue weighted by molar-refractivity contribution is 0.372. The zero-order chi connectivity index (χ0) is 21.0. The van der Waals surface area contributed by atoms with E-state index in [0.29, 0.717) is 23.3 Å². The van der Waals surface area contributed by atoms with E-state index < -0.39 is 10.0 Å². The Morgan fingerprint density at radius 2 is 1.93 bits per heavy atom. The van der Waals surface area contributed by atoms with Gasteiger partial charge >= 0.3 is 0 Å².